The molecule has 0 saturated heterocycles. The van der Waals surface area contributed by atoms with Crippen LogP contribution in [-0.2, 0) is 7.05 Å². The number of rotatable bonds is 6. The third-order valence-electron chi connectivity index (χ3n) is 3.30. The van der Waals surface area contributed by atoms with Crippen molar-refractivity contribution in [3.63, 3.8) is 0 Å². The number of nitrogens with zero attached hydrogens (tertiary/aromatic N) is 6. The van der Waals surface area contributed by atoms with Crippen LogP contribution in [0.5, 0.6) is 0 Å². The molecular formula is C15H14N8O3S. The fourth-order valence-corrected chi connectivity index (χ4v) is 2.96. The van der Waals surface area contributed by atoms with Crippen LogP contribution in [0, 0.1) is 17.0 Å². The van der Waals surface area contributed by atoms with Crippen molar-refractivity contribution in [3.05, 3.63) is 62.3 Å². The van der Waals surface area contributed by atoms with E-state index in [1.807, 2.05) is 0 Å². The zero-order chi connectivity index (χ0) is 19.4. The minimum absolute atomic E-state index is 0.0750. The first-order chi connectivity index (χ1) is 12.9. The lowest BCUT2D eigenvalue weighted by Crippen LogP contribution is -2.10. The van der Waals surface area contributed by atoms with E-state index < -0.39 is 4.92 Å². The number of benzene rings is 1. The first kappa shape index (κ1) is 18.3. The molecule has 0 amide bonds. The number of aromatic amines is 1. The van der Waals surface area contributed by atoms with E-state index in [1.165, 1.54) is 24.7 Å². The number of aryl methyl sites for hydroxylation is 2. The lowest BCUT2D eigenvalue weighted by Gasteiger charge is -2.03. The summed E-state index contributed by atoms with van der Waals surface area (Å²) in [5.41, 5.74) is 3.25. The lowest BCUT2D eigenvalue weighted by atomic mass is 10.2. The van der Waals surface area contributed by atoms with Crippen LogP contribution >= 0.6 is 11.8 Å². The van der Waals surface area contributed by atoms with E-state index in [2.05, 4.69) is 30.7 Å². The van der Waals surface area contributed by atoms with Crippen molar-refractivity contribution in [2.75, 3.05) is 5.43 Å². The van der Waals surface area contributed by atoms with Gasteiger partial charge in [0.1, 0.15) is 6.33 Å². The van der Waals surface area contributed by atoms with E-state index in [0.717, 1.165) is 11.8 Å². The van der Waals surface area contributed by atoms with Crippen molar-refractivity contribution in [1.29, 1.82) is 0 Å². The maximum Gasteiger partial charge on any atom is 0.283 e. The molecule has 0 radical (unpaired) electrons. The van der Waals surface area contributed by atoms with Crippen LogP contribution in [0.25, 0.3) is 0 Å². The summed E-state index contributed by atoms with van der Waals surface area (Å²) in [5.74, 6) is 0.181. The molecule has 3 rings (SSSR count). The van der Waals surface area contributed by atoms with Gasteiger partial charge in [0.2, 0.25) is 5.95 Å². The van der Waals surface area contributed by atoms with Crippen molar-refractivity contribution in [2.45, 2.75) is 17.0 Å². The Balaban J connectivity index is 1.80. The molecule has 2 aromatic heterocycles. The summed E-state index contributed by atoms with van der Waals surface area (Å²) in [5, 5.41) is 23.6. The SMILES string of the molecule is Cc1cc(=O)[nH]c(NN=Cc2ccc(Sc3nncn3C)c([N+](=O)[O-])c2)n1. The average molecular weight is 386 g/mol. The van der Waals surface area contributed by atoms with Gasteiger partial charge in [0.15, 0.2) is 5.16 Å². The zero-order valence-corrected chi connectivity index (χ0v) is 15.1. The summed E-state index contributed by atoms with van der Waals surface area (Å²) in [4.78, 5) is 29.3. The summed E-state index contributed by atoms with van der Waals surface area (Å²) >= 11 is 1.15. The number of anilines is 1. The van der Waals surface area contributed by atoms with Crippen molar-refractivity contribution < 1.29 is 4.92 Å². The predicted octanol–water partition coefficient (Wildman–Crippen LogP) is 1.71. The molecule has 0 aliphatic heterocycles. The second-order valence-corrected chi connectivity index (χ2v) is 6.43. The molecule has 0 spiro atoms. The third kappa shape index (κ3) is 4.55. The Morgan fingerprint density at radius 2 is 2.22 bits per heavy atom. The number of aromatic nitrogens is 5. The molecule has 0 aliphatic rings. The quantitative estimate of drug-likeness (QED) is 0.370. The van der Waals surface area contributed by atoms with Gasteiger partial charge in [-0.1, -0.05) is 6.07 Å². The minimum Gasteiger partial charge on any atom is -0.311 e. The molecule has 3 aromatic rings. The van der Waals surface area contributed by atoms with Crippen LogP contribution in [0.15, 0.2) is 50.5 Å². The predicted molar refractivity (Wildman–Crippen MR) is 99.0 cm³/mol. The topological polar surface area (TPSA) is 144 Å². The standard InChI is InChI=1S/C15H14N8O3S/c1-9-5-13(24)19-14(18-9)20-16-7-10-3-4-12(11(6-10)23(25)26)27-15-21-17-8-22(15)2/h3-8H,1-2H3,(H2,18,19,20,24). The van der Waals surface area contributed by atoms with Crippen molar-refractivity contribution in [3.8, 4) is 0 Å². The first-order valence-corrected chi connectivity index (χ1v) is 8.41. The summed E-state index contributed by atoms with van der Waals surface area (Å²) < 4.78 is 1.67. The van der Waals surface area contributed by atoms with E-state index in [-0.39, 0.29) is 17.2 Å². The van der Waals surface area contributed by atoms with Gasteiger partial charge in [-0.3, -0.25) is 19.9 Å². The Morgan fingerprint density at radius 1 is 1.41 bits per heavy atom. The molecule has 11 nitrogen and oxygen atoms in total. The summed E-state index contributed by atoms with van der Waals surface area (Å²) in [6, 6.07) is 6.05. The van der Waals surface area contributed by atoms with Gasteiger partial charge < -0.3 is 4.57 Å². The highest BCUT2D eigenvalue weighted by molar-refractivity contribution is 7.99. The molecule has 12 heteroatoms. The van der Waals surface area contributed by atoms with Crippen LogP contribution in [-0.4, -0.2) is 35.9 Å². The van der Waals surface area contributed by atoms with Crippen LogP contribution < -0.4 is 11.0 Å². The van der Waals surface area contributed by atoms with Crippen LogP contribution in [0.1, 0.15) is 11.3 Å². The first-order valence-electron chi connectivity index (χ1n) is 7.60. The van der Waals surface area contributed by atoms with Gasteiger partial charge in [-0.05, 0) is 24.8 Å². The Hall–Kier alpha value is -3.54. The molecule has 138 valence electrons. The second kappa shape index (κ2) is 7.78. The number of nitro benzene ring substituents is 1. The summed E-state index contributed by atoms with van der Waals surface area (Å²) in [7, 11) is 1.75. The molecular weight excluding hydrogens is 372 g/mol. The number of H-pyrrole nitrogens is 1. The van der Waals surface area contributed by atoms with Crippen molar-refractivity contribution >= 4 is 29.6 Å². The summed E-state index contributed by atoms with van der Waals surface area (Å²) in [6.45, 7) is 1.68. The van der Waals surface area contributed by atoms with Crippen molar-refractivity contribution in [1.82, 2.24) is 24.7 Å². The largest absolute Gasteiger partial charge is 0.311 e. The zero-order valence-electron chi connectivity index (χ0n) is 14.3. The fourth-order valence-electron chi connectivity index (χ4n) is 2.11. The third-order valence-corrected chi connectivity index (χ3v) is 4.42. The number of nitrogens with one attached hydrogen (secondary N) is 2. The number of hydrazone groups is 1. The Labute approximate surface area is 156 Å². The number of hydrogen-bond acceptors (Lipinski definition) is 9. The van der Waals surface area contributed by atoms with Gasteiger partial charge in [-0.15, -0.1) is 10.2 Å². The van der Waals surface area contributed by atoms with Gasteiger partial charge in [-0.2, -0.15) is 5.10 Å². The molecule has 0 atom stereocenters. The van der Waals surface area contributed by atoms with E-state index in [9.17, 15) is 14.9 Å². The van der Waals surface area contributed by atoms with E-state index in [1.54, 1.807) is 30.7 Å². The normalized spacial score (nSPS) is 11.0. The number of hydrogen-bond donors (Lipinski definition) is 2. The van der Waals surface area contributed by atoms with Gasteiger partial charge in [0, 0.05) is 30.4 Å². The Morgan fingerprint density at radius 3 is 2.89 bits per heavy atom. The molecule has 2 N–H and O–H groups in total. The van der Waals surface area contributed by atoms with Gasteiger partial charge in [-0.25, -0.2) is 10.4 Å². The van der Waals surface area contributed by atoms with Crippen LogP contribution in [0.2, 0.25) is 0 Å². The lowest BCUT2D eigenvalue weighted by molar-refractivity contribution is -0.387. The van der Waals surface area contributed by atoms with Crippen LogP contribution in [0.3, 0.4) is 0 Å². The monoisotopic (exact) mass is 386 g/mol. The second-order valence-electron chi connectivity index (χ2n) is 5.42. The molecule has 1 aromatic carbocycles. The highest BCUT2D eigenvalue weighted by atomic mass is 32.2. The fraction of sp³-hybridized carbons (Fsp3) is 0.133. The molecule has 0 aliphatic carbocycles. The van der Waals surface area contributed by atoms with Gasteiger partial charge in [0.05, 0.1) is 16.0 Å². The number of nitro groups is 1. The van der Waals surface area contributed by atoms with Crippen LogP contribution in [0.4, 0.5) is 11.6 Å². The Bertz CT molecular complexity index is 1070. The molecule has 0 saturated carbocycles. The van der Waals surface area contributed by atoms with E-state index >= 15 is 0 Å². The van der Waals surface area contributed by atoms with Gasteiger partial charge >= 0.3 is 0 Å². The highest BCUT2D eigenvalue weighted by Crippen LogP contribution is 2.33. The molecule has 0 fully saturated rings. The molecule has 2 heterocycles. The molecule has 0 bridgehead atoms. The summed E-state index contributed by atoms with van der Waals surface area (Å²) in [6.07, 6.45) is 2.91. The maximum atomic E-state index is 11.4. The average Bonchev–Trinajstić information content (AvgIpc) is 3.00. The highest BCUT2D eigenvalue weighted by Gasteiger charge is 2.17. The smallest absolute Gasteiger partial charge is 0.283 e. The molecule has 0 unspecified atom stereocenters. The Kier molecular flexibility index (Phi) is 5.26. The maximum absolute atomic E-state index is 11.4. The van der Waals surface area contributed by atoms with Gasteiger partial charge in [0.25, 0.3) is 11.2 Å². The minimum atomic E-state index is -0.469. The van der Waals surface area contributed by atoms with E-state index in [0.29, 0.717) is 21.3 Å². The van der Waals surface area contributed by atoms with Crippen molar-refractivity contribution in [2.24, 2.45) is 12.1 Å². The van der Waals surface area contributed by atoms with E-state index in [4.69, 9.17) is 0 Å². The molecule has 27 heavy (non-hydrogen) atoms.